The molecule has 0 bridgehead atoms. The molecule has 2 heterocycles. The van der Waals surface area contributed by atoms with E-state index in [1.807, 2.05) is 43.3 Å². The maximum Gasteiger partial charge on any atom is 0.264 e. The second-order valence-electron chi connectivity index (χ2n) is 7.65. The highest BCUT2D eigenvalue weighted by Crippen LogP contribution is 2.44. The van der Waals surface area contributed by atoms with Crippen molar-refractivity contribution in [3.8, 4) is 0 Å². The Kier molecular flexibility index (Phi) is 4.63. The third-order valence-electron chi connectivity index (χ3n) is 5.68. The zero-order valence-corrected chi connectivity index (χ0v) is 16.7. The van der Waals surface area contributed by atoms with Crippen LogP contribution in [0.25, 0.3) is 0 Å². The number of carbonyl (C=O) groups is 2. The molecule has 0 saturated heterocycles. The summed E-state index contributed by atoms with van der Waals surface area (Å²) < 4.78 is 5.33. The Morgan fingerprint density at radius 1 is 1.03 bits per heavy atom. The third-order valence-corrected chi connectivity index (χ3v) is 5.68. The number of rotatable bonds is 5. The number of amides is 1. The average molecular weight is 389 g/mol. The number of Topliss-reactive ketones (excluding diaryl/α,β-unsaturated/α-hetero) is 1. The molecule has 1 aromatic heterocycles. The highest BCUT2D eigenvalue weighted by molar-refractivity contribution is 6.11. The fraction of sp³-hybridized carbons (Fsp3) is 0.250. The summed E-state index contributed by atoms with van der Waals surface area (Å²) in [5.41, 5.74) is 2.39. The second kappa shape index (κ2) is 7.01. The molecule has 4 rings (SSSR count). The van der Waals surface area contributed by atoms with E-state index >= 15 is 0 Å². The Bertz CT molecular complexity index is 1090. The van der Waals surface area contributed by atoms with Gasteiger partial charge >= 0.3 is 0 Å². The topological polar surface area (TPSA) is 70.8 Å². The molecular formula is C24H23NO4. The molecule has 0 unspecified atom stereocenters. The number of ketones is 1. The predicted octanol–water partition coefficient (Wildman–Crippen LogP) is 4.21. The largest absolute Gasteiger partial charge is 0.469 e. The highest BCUT2D eigenvalue weighted by Gasteiger charge is 2.51. The summed E-state index contributed by atoms with van der Waals surface area (Å²) in [5.74, 6) is -0.294. The van der Waals surface area contributed by atoms with Gasteiger partial charge in [0, 0.05) is 5.56 Å². The van der Waals surface area contributed by atoms with E-state index in [9.17, 15) is 14.7 Å². The standard InChI is InChI=1S/C24H23NO4/c1-15-8-4-5-9-18(15)13-25-20-11-7-6-10-19(20)24(28,23(25)27)12-21(26)22-16(2)14-29-17(22)3/h4-11,14,28H,12-13H2,1-3H3/t24-/m1/s1. The summed E-state index contributed by atoms with van der Waals surface area (Å²) in [6, 6.07) is 14.9. The van der Waals surface area contributed by atoms with Crippen molar-refractivity contribution in [3.63, 3.8) is 0 Å². The molecule has 5 nitrogen and oxygen atoms in total. The molecule has 2 aromatic carbocycles. The van der Waals surface area contributed by atoms with Crippen molar-refractivity contribution >= 4 is 17.4 Å². The van der Waals surface area contributed by atoms with Crippen LogP contribution < -0.4 is 4.90 Å². The molecule has 1 atom stereocenters. The Balaban J connectivity index is 1.72. The van der Waals surface area contributed by atoms with Crippen molar-refractivity contribution in [2.45, 2.75) is 39.3 Å². The number of aryl methyl sites for hydroxylation is 3. The first-order valence-electron chi connectivity index (χ1n) is 9.59. The van der Waals surface area contributed by atoms with Gasteiger partial charge in [-0.2, -0.15) is 0 Å². The van der Waals surface area contributed by atoms with Gasteiger partial charge in [-0.1, -0.05) is 42.5 Å². The number of fused-ring (bicyclic) bond motifs is 1. The molecule has 1 aliphatic heterocycles. The number of carbonyl (C=O) groups excluding carboxylic acids is 2. The monoisotopic (exact) mass is 389 g/mol. The lowest BCUT2D eigenvalue weighted by atomic mass is 9.87. The van der Waals surface area contributed by atoms with Gasteiger partial charge in [-0.05, 0) is 43.5 Å². The second-order valence-corrected chi connectivity index (χ2v) is 7.65. The van der Waals surface area contributed by atoms with Gasteiger partial charge in [0.05, 0.1) is 30.5 Å². The molecule has 0 saturated carbocycles. The van der Waals surface area contributed by atoms with Gasteiger partial charge < -0.3 is 14.4 Å². The van der Waals surface area contributed by atoms with Crippen LogP contribution in [0.3, 0.4) is 0 Å². The molecular weight excluding hydrogens is 366 g/mol. The SMILES string of the molecule is Cc1ccccc1CN1C(=O)[C@@](O)(CC(=O)c2c(C)coc2C)c2ccccc21. The zero-order chi connectivity index (χ0) is 20.8. The molecule has 5 heteroatoms. The summed E-state index contributed by atoms with van der Waals surface area (Å²) in [5, 5.41) is 11.4. The van der Waals surface area contributed by atoms with Crippen LogP contribution in [-0.2, 0) is 16.9 Å². The number of anilines is 1. The number of hydrogen-bond acceptors (Lipinski definition) is 4. The molecule has 1 N–H and O–H groups in total. The lowest BCUT2D eigenvalue weighted by Gasteiger charge is -2.23. The van der Waals surface area contributed by atoms with Gasteiger partial charge in [0.1, 0.15) is 5.76 Å². The maximum atomic E-state index is 13.4. The van der Waals surface area contributed by atoms with Crippen LogP contribution in [0, 0.1) is 20.8 Å². The van der Waals surface area contributed by atoms with Crippen LogP contribution in [0.2, 0.25) is 0 Å². The quantitative estimate of drug-likeness (QED) is 0.664. The lowest BCUT2D eigenvalue weighted by Crippen LogP contribution is -2.41. The van der Waals surface area contributed by atoms with Gasteiger partial charge in [-0.15, -0.1) is 0 Å². The minimum atomic E-state index is -1.90. The average Bonchev–Trinajstić information content (AvgIpc) is 3.13. The van der Waals surface area contributed by atoms with Crippen LogP contribution in [0.15, 0.2) is 59.2 Å². The molecule has 0 fully saturated rings. The van der Waals surface area contributed by atoms with Crippen LogP contribution in [-0.4, -0.2) is 16.8 Å². The van der Waals surface area contributed by atoms with E-state index in [1.165, 1.54) is 6.26 Å². The van der Waals surface area contributed by atoms with Crippen molar-refractivity contribution in [2.24, 2.45) is 0 Å². The van der Waals surface area contributed by atoms with Crippen LogP contribution in [0.1, 0.15) is 44.8 Å². The van der Waals surface area contributed by atoms with E-state index in [2.05, 4.69) is 0 Å². The van der Waals surface area contributed by atoms with E-state index in [-0.39, 0.29) is 12.2 Å². The number of para-hydroxylation sites is 1. The van der Waals surface area contributed by atoms with Gasteiger partial charge in [0.25, 0.3) is 5.91 Å². The first-order valence-corrected chi connectivity index (χ1v) is 9.59. The van der Waals surface area contributed by atoms with Crippen molar-refractivity contribution in [1.82, 2.24) is 0 Å². The first-order chi connectivity index (χ1) is 13.8. The van der Waals surface area contributed by atoms with E-state index in [0.29, 0.717) is 34.7 Å². The van der Waals surface area contributed by atoms with Gasteiger partial charge in [0.15, 0.2) is 11.4 Å². The molecule has 29 heavy (non-hydrogen) atoms. The molecule has 1 amide bonds. The zero-order valence-electron chi connectivity index (χ0n) is 16.7. The maximum absolute atomic E-state index is 13.4. The van der Waals surface area contributed by atoms with E-state index in [4.69, 9.17) is 4.42 Å². The minimum Gasteiger partial charge on any atom is -0.469 e. The summed E-state index contributed by atoms with van der Waals surface area (Å²) in [6.45, 7) is 5.81. The molecule has 3 aromatic rings. The summed E-state index contributed by atoms with van der Waals surface area (Å²) in [7, 11) is 0. The van der Waals surface area contributed by atoms with E-state index in [0.717, 1.165) is 11.1 Å². The molecule has 0 aliphatic carbocycles. The van der Waals surface area contributed by atoms with Crippen molar-refractivity contribution in [1.29, 1.82) is 0 Å². The van der Waals surface area contributed by atoms with Gasteiger partial charge in [0.2, 0.25) is 0 Å². The number of nitrogens with zero attached hydrogens (tertiary/aromatic N) is 1. The predicted molar refractivity (Wildman–Crippen MR) is 110 cm³/mol. The lowest BCUT2D eigenvalue weighted by molar-refractivity contribution is -0.136. The van der Waals surface area contributed by atoms with Crippen molar-refractivity contribution < 1.29 is 19.1 Å². The van der Waals surface area contributed by atoms with Crippen LogP contribution in [0.5, 0.6) is 0 Å². The van der Waals surface area contributed by atoms with Gasteiger partial charge in [-0.3, -0.25) is 9.59 Å². The Labute approximate surface area is 169 Å². The number of benzene rings is 2. The fourth-order valence-electron chi connectivity index (χ4n) is 4.10. The third kappa shape index (κ3) is 3.08. The Morgan fingerprint density at radius 3 is 2.41 bits per heavy atom. The summed E-state index contributed by atoms with van der Waals surface area (Å²) in [4.78, 5) is 27.9. The summed E-state index contributed by atoms with van der Waals surface area (Å²) >= 11 is 0. The van der Waals surface area contributed by atoms with Crippen LogP contribution >= 0.6 is 0 Å². The molecule has 148 valence electrons. The summed E-state index contributed by atoms with van der Waals surface area (Å²) in [6.07, 6.45) is 1.19. The van der Waals surface area contributed by atoms with Crippen molar-refractivity contribution in [2.75, 3.05) is 4.90 Å². The number of hydrogen-bond donors (Lipinski definition) is 1. The Hall–Kier alpha value is -3.18. The number of furan rings is 1. The molecule has 0 spiro atoms. The normalized spacial score (nSPS) is 18.2. The Morgan fingerprint density at radius 2 is 1.72 bits per heavy atom. The highest BCUT2D eigenvalue weighted by atomic mass is 16.3. The fourth-order valence-corrected chi connectivity index (χ4v) is 4.10. The molecule has 1 aliphatic rings. The van der Waals surface area contributed by atoms with Gasteiger partial charge in [-0.25, -0.2) is 0 Å². The first kappa shape index (κ1) is 19.2. The van der Waals surface area contributed by atoms with Crippen molar-refractivity contribution in [3.05, 3.63) is 88.4 Å². The van der Waals surface area contributed by atoms with E-state index < -0.39 is 11.5 Å². The van der Waals surface area contributed by atoms with E-state index in [1.54, 1.807) is 30.9 Å². The smallest absolute Gasteiger partial charge is 0.264 e. The van der Waals surface area contributed by atoms with Crippen LogP contribution in [0.4, 0.5) is 5.69 Å². The number of aliphatic hydroxyl groups is 1. The molecule has 0 radical (unpaired) electrons. The minimum absolute atomic E-state index is 0.308.